The van der Waals surface area contributed by atoms with Gasteiger partial charge in [-0.3, -0.25) is 19.7 Å². The number of non-ortho nitro benzene ring substituents is 1. The maximum Gasteiger partial charge on any atom is 0.270 e. The summed E-state index contributed by atoms with van der Waals surface area (Å²) in [6.45, 7) is 1.52. The lowest BCUT2D eigenvalue weighted by Crippen LogP contribution is -2.21. The van der Waals surface area contributed by atoms with Crippen LogP contribution in [-0.4, -0.2) is 23.7 Å². The Hall–Kier alpha value is -2.74. The highest BCUT2D eigenvalue weighted by molar-refractivity contribution is 9.10. The molecule has 1 N–H and O–H groups in total. The Kier molecular flexibility index (Phi) is 5.64. The summed E-state index contributed by atoms with van der Waals surface area (Å²) in [4.78, 5) is 33.0. The number of rotatable bonds is 6. The van der Waals surface area contributed by atoms with Gasteiger partial charge in [0, 0.05) is 22.3 Å². The number of aldehydes is 1. The third-order valence-electron chi connectivity index (χ3n) is 3.15. The Balaban J connectivity index is 2.03. The quantitative estimate of drug-likeness (QED) is 0.460. The van der Waals surface area contributed by atoms with Gasteiger partial charge in [-0.1, -0.05) is 15.9 Å². The first-order valence-electron chi connectivity index (χ1n) is 6.83. The Morgan fingerprint density at radius 1 is 1.33 bits per heavy atom. The van der Waals surface area contributed by atoms with Crippen molar-refractivity contribution in [3.63, 3.8) is 0 Å². The predicted molar refractivity (Wildman–Crippen MR) is 91.5 cm³/mol. The summed E-state index contributed by atoms with van der Waals surface area (Å²) < 4.78 is 6.18. The lowest BCUT2D eigenvalue weighted by atomic mass is 10.2. The molecule has 124 valence electrons. The van der Waals surface area contributed by atoms with Crippen molar-refractivity contribution in [3.8, 4) is 5.75 Å². The van der Waals surface area contributed by atoms with E-state index in [1.54, 1.807) is 12.1 Å². The molecule has 0 atom stereocenters. The first kappa shape index (κ1) is 17.6. The van der Waals surface area contributed by atoms with Crippen LogP contribution in [0.15, 0.2) is 40.9 Å². The van der Waals surface area contributed by atoms with Crippen LogP contribution < -0.4 is 10.1 Å². The van der Waals surface area contributed by atoms with E-state index in [2.05, 4.69) is 21.2 Å². The van der Waals surface area contributed by atoms with Gasteiger partial charge in [0.15, 0.2) is 12.9 Å². The Bertz CT molecular complexity index is 807. The topological polar surface area (TPSA) is 98.5 Å². The van der Waals surface area contributed by atoms with Crippen molar-refractivity contribution in [1.82, 2.24) is 0 Å². The molecule has 0 aliphatic rings. The van der Waals surface area contributed by atoms with Crippen LogP contribution in [0.2, 0.25) is 0 Å². The van der Waals surface area contributed by atoms with E-state index >= 15 is 0 Å². The van der Waals surface area contributed by atoms with Gasteiger partial charge in [0.25, 0.3) is 11.6 Å². The van der Waals surface area contributed by atoms with Gasteiger partial charge in [-0.25, -0.2) is 0 Å². The normalized spacial score (nSPS) is 10.1. The molecule has 2 aromatic rings. The van der Waals surface area contributed by atoms with Crippen molar-refractivity contribution in [3.05, 3.63) is 62.1 Å². The second kappa shape index (κ2) is 7.69. The van der Waals surface area contributed by atoms with Crippen LogP contribution in [-0.2, 0) is 4.79 Å². The summed E-state index contributed by atoms with van der Waals surface area (Å²) in [5.41, 5.74) is 1.31. The fraction of sp³-hybridized carbons (Fsp3) is 0.125. The molecule has 0 fully saturated rings. The molecule has 0 radical (unpaired) electrons. The van der Waals surface area contributed by atoms with Crippen molar-refractivity contribution in [2.45, 2.75) is 6.92 Å². The first-order valence-corrected chi connectivity index (χ1v) is 7.62. The molecule has 0 spiro atoms. The van der Waals surface area contributed by atoms with Gasteiger partial charge in [-0.2, -0.15) is 0 Å². The molecule has 0 saturated carbocycles. The van der Waals surface area contributed by atoms with Gasteiger partial charge in [0.05, 0.1) is 10.5 Å². The van der Waals surface area contributed by atoms with Crippen LogP contribution in [0.5, 0.6) is 5.75 Å². The standard InChI is InChI=1S/C16H13BrN2O5/c1-10-6-12(17)2-4-14(10)18-16(21)9-24-15-5-3-13(19(22)23)7-11(15)8-20/h2-8H,9H2,1H3,(H,18,21). The third kappa shape index (κ3) is 4.39. The molecule has 1 amide bonds. The maximum absolute atomic E-state index is 12.0. The lowest BCUT2D eigenvalue weighted by molar-refractivity contribution is -0.384. The van der Waals surface area contributed by atoms with Crippen molar-refractivity contribution in [1.29, 1.82) is 0 Å². The number of ether oxygens (including phenoxy) is 1. The fourth-order valence-corrected chi connectivity index (χ4v) is 2.45. The summed E-state index contributed by atoms with van der Waals surface area (Å²) in [7, 11) is 0. The highest BCUT2D eigenvalue weighted by Gasteiger charge is 2.13. The largest absolute Gasteiger partial charge is 0.483 e. The van der Waals surface area contributed by atoms with E-state index in [-0.39, 0.29) is 23.6 Å². The van der Waals surface area contributed by atoms with Crippen molar-refractivity contribution >= 4 is 39.5 Å². The van der Waals surface area contributed by atoms with E-state index in [1.165, 1.54) is 12.1 Å². The summed E-state index contributed by atoms with van der Waals surface area (Å²) in [5, 5.41) is 13.4. The molecule has 0 aliphatic heterocycles. The summed E-state index contributed by atoms with van der Waals surface area (Å²) in [6.07, 6.45) is 0.444. The zero-order valence-corrected chi connectivity index (χ0v) is 14.2. The van der Waals surface area contributed by atoms with Crippen molar-refractivity contribution < 1.29 is 19.2 Å². The van der Waals surface area contributed by atoms with Gasteiger partial charge in [-0.15, -0.1) is 0 Å². The number of benzene rings is 2. The van der Waals surface area contributed by atoms with E-state index in [0.29, 0.717) is 12.0 Å². The smallest absolute Gasteiger partial charge is 0.270 e. The Morgan fingerprint density at radius 3 is 2.71 bits per heavy atom. The number of aryl methyl sites for hydroxylation is 1. The summed E-state index contributed by atoms with van der Waals surface area (Å²) >= 11 is 3.34. The second-order valence-corrected chi connectivity index (χ2v) is 5.81. The number of nitro groups is 1. The number of halogens is 1. The Labute approximate surface area is 145 Å². The minimum Gasteiger partial charge on any atom is -0.483 e. The fourth-order valence-electron chi connectivity index (χ4n) is 1.97. The number of nitro benzene ring substituents is 1. The number of amides is 1. The molecule has 0 aromatic heterocycles. The minimum atomic E-state index is -0.611. The number of carbonyl (C=O) groups excluding carboxylic acids is 2. The van der Waals surface area contributed by atoms with E-state index in [9.17, 15) is 19.7 Å². The van der Waals surface area contributed by atoms with Crippen LogP contribution in [0.25, 0.3) is 0 Å². The van der Waals surface area contributed by atoms with Gasteiger partial charge >= 0.3 is 0 Å². The molecular weight excluding hydrogens is 380 g/mol. The maximum atomic E-state index is 12.0. The molecule has 0 heterocycles. The zero-order valence-electron chi connectivity index (χ0n) is 12.6. The Morgan fingerprint density at radius 2 is 2.08 bits per heavy atom. The zero-order chi connectivity index (χ0) is 17.7. The van der Waals surface area contributed by atoms with Gasteiger partial charge < -0.3 is 10.1 Å². The minimum absolute atomic E-state index is 0.0109. The molecule has 24 heavy (non-hydrogen) atoms. The van der Waals surface area contributed by atoms with Gasteiger partial charge in [-0.05, 0) is 36.8 Å². The summed E-state index contributed by atoms with van der Waals surface area (Å²) in [6, 6.07) is 9.00. The van der Waals surface area contributed by atoms with E-state index in [4.69, 9.17) is 4.74 Å². The second-order valence-electron chi connectivity index (χ2n) is 4.89. The molecular formula is C16H13BrN2O5. The molecule has 8 heteroatoms. The number of carbonyl (C=O) groups is 2. The van der Waals surface area contributed by atoms with Crippen LogP contribution in [0.1, 0.15) is 15.9 Å². The van der Waals surface area contributed by atoms with Crippen LogP contribution >= 0.6 is 15.9 Å². The van der Waals surface area contributed by atoms with E-state index < -0.39 is 10.8 Å². The number of nitrogens with zero attached hydrogens (tertiary/aromatic N) is 1. The average molecular weight is 393 g/mol. The molecule has 2 aromatic carbocycles. The molecule has 0 unspecified atom stereocenters. The van der Waals surface area contributed by atoms with Crippen LogP contribution in [0, 0.1) is 17.0 Å². The third-order valence-corrected chi connectivity index (χ3v) is 3.65. The SMILES string of the molecule is Cc1cc(Br)ccc1NC(=O)COc1ccc([N+](=O)[O-])cc1C=O. The molecule has 2 rings (SSSR count). The first-order chi connectivity index (χ1) is 11.4. The van der Waals surface area contributed by atoms with Crippen molar-refractivity contribution in [2.75, 3.05) is 11.9 Å². The molecule has 0 aliphatic carbocycles. The monoisotopic (exact) mass is 392 g/mol. The summed E-state index contributed by atoms with van der Waals surface area (Å²) in [5.74, 6) is -0.297. The molecule has 0 saturated heterocycles. The molecule has 7 nitrogen and oxygen atoms in total. The number of hydrogen-bond donors (Lipinski definition) is 1. The predicted octanol–water partition coefficient (Wildman–Crippen LogP) is 3.50. The van der Waals surface area contributed by atoms with Crippen molar-refractivity contribution in [2.24, 2.45) is 0 Å². The lowest BCUT2D eigenvalue weighted by Gasteiger charge is -2.11. The van der Waals surface area contributed by atoms with E-state index in [1.807, 2.05) is 13.0 Å². The van der Waals surface area contributed by atoms with Crippen LogP contribution in [0.4, 0.5) is 11.4 Å². The van der Waals surface area contributed by atoms with E-state index in [0.717, 1.165) is 16.1 Å². The highest BCUT2D eigenvalue weighted by atomic mass is 79.9. The average Bonchev–Trinajstić information content (AvgIpc) is 2.55. The number of hydrogen-bond acceptors (Lipinski definition) is 5. The number of nitrogens with one attached hydrogen (secondary N) is 1. The number of anilines is 1. The van der Waals surface area contributed by atoms with Gasteiger partial charge in [0.1, 0.15) is 5.75 Å². The highest BCUT2D eigenvalue weighted by Crippen LogP contribution is 2.23. The van der Waals surface area contributed by atoms with Crippen LogP contribution in [0.3, 0.4) is 0 Å². The van der Waals surface area contributed by atoms with Gasteiger partial charge in [0.2, 0.25) is 0 Å². The molecule has 0 bridgehead atoms.